The zero-order valence-corrected chi connectivity index (χ0v) is 10.9. The molecule has 1 N–H and O–H groups in total. The second-order valence-electron chi connectivity index (χ2n) is 5.32. The highest BCUT2D eigenvalue weighted by atomic mass is 14.7. The number of benzene rings is 1. The van der Waals surface area contributed by atoms with Crippen molar-refractivity contribution in [3.8, 4) is 0 Å². The summed E-state index contributed by atoms with van der Waals surface area (Å²) in [5.41, 5.74) is 7.56. The van der Waals surface area contributed by atoms with Crippen molar-refractivity contribution in [2.24, 2.45) is 0 Å². The maximum atomic E-state index is 3.62. The molecule has 0 saturated carbocycles. The smallest absolute Gasteiger partial charge is 0.0461 e. The number of aromatic amines is 1. The summed E-state index contributed by atoms with van der Waals surface area (Å²) in [6.45, 7) is 4.54. The molecule has 0 aliphatic heterocycles. The third-order valence-corrected chi connectivity index (χ3v) is 4.13. The van der Waals surface area contributed by atoms with Gasteiger partial charge in [-0.15, -0.1) is 0 Å². The van der Waals surface area contributed by atoms with Gasteiger partial charge in [0.05, 0.1) is 0 Å². The van der Waals surface area contributed by atoms with Gasteiger partial charge < -0.3 is 4.98 Å². The van der Waals surface area contributed by atoms with E-state index in [0.717, 1.165) is 0 Å². The average molecular weight is 227 g/mol. The van der Waals surface area contributed by atoms with Crippen LogP contribution in [0.5, 0.6) is 0 Å². The van der Waals surface area contributed by atoms with Gasteiger partial charge in [-0.05, 0) is 61.8 Å². The molecule has 1 aromatic heterocycles. The Morgan fingerprint density at radius 3 is 2.94 bits per heavy atom. The first-order valence-electron chi connectivity index (χ1n) is 6.93. The number of nitrogens with one attached hydrogen (secondary N) is 1. The second kappa shape index (κ2) is 4.21. The predicted octanol–water partition coefficient (Wildman–Crippen LogP) is 4.31. The van der Waals surface area contributed by atoms with Gasteiger partial charge in [0, 0.05) is 16.6 Å². The lowest BCUT2D eigenvalue weighted by molar-refractivity contribution is 0.795. The number of rotatable bonds is 3. The van der Waals surface area contributed by atoms with E-state index in [9.17, 15) is 0 Å². The molecule has 0 amide bonds. The van der Waals surface area contributed by atoms with Gasteiger partial charge in [0.15, 0.2) is 0 Å². The lowest BCUT2D eigenvalue weighted by atomic mass is 9.96. The van der Waals surface area contributed by atoms with E-state index in [1.165, 1.54) is 55.3 Å². The number of aromatic nitrogens is 1. The first kappa shape index (κ1) is 10.9. The zero-order chi connectivity index (χ0) is 11.8. The minimum Gasteiger partial charge on any atom is -0.358 e. The Morgan fingerprint density at radius 2 is 2.12 bits per heavy atom. The normalized spacial score (nSPS) is 14.5. The molecule has 1 aliphatic rings. The summed E-state index contributed by atoms with van der Waals surface area (Å²) in [7, 11) is 0. The predicted molar refractivity (Wildman–Crippen MR) is 73.7 cm³/mol. The molecule has 17 heavy (non-hydrogen) atoms. The Morgan fingerprint density at radius 1 is 1.24 bits per heavy atom. The van der Waals surface area contributed by atoms with Gasteiger partial charge in [-0.25, -0.2) is 0 Å². The first-order chi connectivity index (χ1) is 8.31. The summed E-state index contributed by atoms with van der Waals surface area (Å²) in [6.07, 6.45) is 7.68. The Hall–Kier alpha value is -1.24. The molecule has 2 aromatic rings. The maximum absolute atomic E-state index is 3.62. The highest BCUT2D eigenvalue weighted by Crippen LogP contribution is 2.34. The highest BCUT2D eigenvalue weighted by Gasteiger charge is 2.19. The largest absolute Gasteiger partial charge is 0.358 e. The van der Waals surface area contributed by atoms with Crippen LogP contribution in [0.4, 0.5) is 0 Å². The molecule has 0 radical (unpaired) electrons. The second-order valence-corrected chi connectivity index (χ2v) is 5.32. The quantitative estimate of drug-likeness (QED) is 0.804. The molecule has 1 heterocycles. The van der Waals surface area contributed by atoms with Crippen LogP contribution in [0.1, 0.15) is 48.6 Å². The van der Waals surface area contributed by atoms with Gasteiger partial charge in [0.2, 0.25) is 0 Å². The molecular weight excluding hydrogens is 206 g/mol. The van der Waals surface area contributed by atoms with Crippen LogP contribution in [0.2, 0.25) is 0 Å². The van der Waals surface area contributed by atoms with Crippen LogP contribution >= 0.6 is 0 Å². The fraction of sp³-hybridized carbons (Fsp3) is 0.500. The van der Waals surface area contributed by atoms with E-state index >= 15 is 0 Å². The molecule has 0 unspecified atom stereocenters. The monoisotopic (exact) mass is 227 g/mol. The van der Waals surface area contributed by atoms with Crippen LogP contribution in [-0.2, 0) is 19.3 Å². The molecular formula is C16H21N. The lowest BCUT2D eigenvalue weighted by Gasteiger charge is -2.08. The fourth-order valence-electron chi connectivity index (χ4n) is 3.20. The van der Waals surface area contributed by atoms with Crippen molar-refractivity contribution >= 4 is 10.9 Å². The van der Waals surface area contributed by atoms with E-state index in [0.29, 0.717) is 0 Å². The van der Waals surface area contributed by atoms with Gasteiger partial charge in [0.25, 0.3) is 0 Å². The van der Waals surface area contributed by atoms with Gasteiger partial charge in [-0.1, -0.05) is 19.4 Å². The number of H-pyrrole nitrogens is 1. The van der Waals surface area contributed by atoms with E-state index in [2.05, 4.69) is 31.0 Å². The standard InChI is InChI=1S/C16H21N/c1-3-4-6-12-11(2)9-10-15-16(12)13-7-5-8-14(13)17-15/h9-10,17H,3-8H2,1-2H3. The summed E-state index contributed by atoms with van der Waals surface area (Å²) >= 11 is 0. The number of hydrogen-bond acceptors (Lipinski definition) is 0. The summed E-state index contributed by atoms with van der Waals surface area (Å²) in [5, 5.41) is 1.56. The highest BCUT2D eigenvalue weighted by molar-refractivity contribution is 5.89. The van der Waals surface area contributed by atoms with Crippen molar-refractivity contribution in [2.45, 2.75) is 52.4 Å². The van der Waals surface area contributed by atoms with E-state index in [-0.39, 0.29) is 0 Å². The van der Waals surface area contributed by atoms with Crippen molar-refractivity contribution in [2.75, 3.05) is 0 Å². The third kappa shape index (κ3) is 1.69. The Kier molecular flexibility index (Phi) is 2.70. The van der Waals surface area contributed by atoms with Crippen LogP contribution in [0.3, 0.4) is 0 Å². The summed E-state index contributed by atoms with van der Waals surface area (Å²) in [6, 6.07) is 4.54. The molecule has 0 spiro atoms. The van der Waals surface area contributed by atoms with Crippen LogP contribution in [0, 0.1) is 6.92 Å². The molecule has 0 bridgehead atoms. The van der Waals surface area contributed by atoms with Gasteiger partial charge in [-0.3, -0.25) is 0 Å². The molecule has 0 atom stereocenters. The van der Waals surface area contributed by atoms with Crippen LogP contribution in [0.15, 0.2) is 12.1 Å². The van der Waals surface area contributed by atoms with Crippen LogP contribution in [-0.4, -0.2) is 4.98 Å². The molecule has 1 nitrogen and oxygen atoms in total. The van der Waals surface area contributed by atoms with Crippen molar-refractivity contribution < 1.29 is 0 Å². The van der Waals surface area contributed by atoms with Crippen molar-refractivity contribution in [1.29, 1.82) is 0 Å². The van der Waals surface area contributed by atoms with E-state index < -0.39 is 0 Å². The minimum absolute atomic E-state index is 1.24. The zero-order valence-electron chi connectivity index (χ0n) is 10.9. The Bertz CT molecular complexity index is 548. The SMILES string of the molecule is CCCCc1c(C)ccc2[nH]c3c(c12)CCC3. The minimum atomic E-state index is 1.24. The van der Waals surface area contributed by atoms with Gasteiger partial charge >= 0.3 is 0 Å². The van der Waals surface area contributed by atoms with Gasteiger partial charge in [0.1, 0.15) is 0 Å². The van der Waals surface area contributed by atoms with Crippen LogP contribution in [0.25, 0.3) is 10.9 Å². The molecule has 0 fully saturated rings. The summed E-state index contributed by atoms with van der Waals surface area (Å²) < 4.78 is 0. The molecule has 3 rings (SSSR count). The number of aryl methyl sites for hydroxylation is 4. The molecule has 1 aromatic carbocycles. The summed E-state index contributed by atoms with van der Waals surface area (Å²) in [5.74, 6) is 0. The van der Waals surface area contributed by atoms with Crippen molar-refractivity contribution in [3.05, 3.63) is 34.5 Å². The Balaban J connectivity index is 2.19. The number of unbranched alkanes of at least 4 members (excludes halogenated alkanes) is 1. The maximum Gasteiger partial charge on any atom is 0.0461 e. The number of hydrogen-bond donors (Lipinski definition) is 1. The summed E-state index contributed by atoms with van der Waals surface area (Å²) in [4.78, 5) is 3.62. The van der Waals surface area contributed by atoms with Crippen LogP contribution < -0.4 is 0 Å². The molecule has 90 valence electrons. The van der Waals surface area contributed by atoms with E-state index in [1.54, 1.807) is 16.5 Å². The van der Waals surface area contributed by atoms with Crippen molar-refractivity contribution in [3.63, 3.8) is 0 Å². The molecule has 1 heteroatoms. The Labute approximate surface area is 103 Å². The number of fused-ring (bicyclic) bond motifs is 3. The topological polar surface area (TPSA) is 15.8 Å². The fourth-order valence-corrected chi connectivity index (χ4v) is 3.20. The van der Waals surface area contributed by atoms with E-state index in [4.69, 9.17) is 0 Å². The molecule has 0 saturated heterocycles. The van der Waals surface area contributed by atoms with Crippen molar-refractivity contribution in [1.82, 2.24) is 4.98 Å². The first-order valence-corrected chi connectivity index (χ1v) is 6.93. The third-order valence-electron chi connectivity index (χ3n) is 4.13. The van der Waals surface area contributed by atoms with Gasteiger partial charge in [-0.2, -0.15) is 0 Å². The average Bonchev–Trinajstić information content (AvgIpc) is 2.88. The lowest BCUT2D eigenvalue weighted by Crippen LogP contribution is -1.92. The van der Waals surface area contributed by atoms with E-state index in [1.807, 2.05) is 0 Å². The molecule has 1 aliphatic carbocycles.